The predicted octanol–water partition coefficient (Wildman–Crippen LogP) is 4.21. The average Bonchev–Trinajstić information content (AvgIpc) is 3.26. The summed E-state index contributed by atoms with van der Waals surface area (Å²) in [5.74, 6) is 0.349. The Kier molecular flexibility index (Phi) is 7.48. The normalized spacial score (nSPS) is 17.9. The number of benzene rings is 3. The number of hydrogen-bond acceptors (Lipinski definition) is 5. The van der Waals surface area contributed by atoms with Crippen molar-refractivity contribution in [2.75, 3.05) is 43.6 Å². The molecule has 2 atom stereocenters. The fraction of sp³-hybridized carbons (Fsp3) is 0.214. The molecule has 0 spiro atoms. The van der Waals surface area contributed by atoms with Crippen LogP contribution in [-0.4, -0.2) is 44.0 Å². The van der Waals surface area contributed by atoms with Crippen LogP contribution in [-0.2, 0) is 9.59 Å². The number of amides is 2. The SMILES string of the molecule is COc1cccc(NC(=O)C2CN(C)CC2c2ccc(/C=C/C(=O)Nc3ccccc3N)cc2)c1. The highest BCUT2D eigenvalue weighted by molar-refractivity contribution is 6.03. The van der Waals surface area contributed by atoms with Gasteiger partial charge in [0, 0.05) is 36.8 Å². The predicted molar refractivity (Wildman–Crippen MR) is 140 cm³/mol. The molecule has 1 fully saturated rings. The summed E-state index contributed by atoms with van der Waals surface area (Å²) in [5.41, 5.74) is 9.69. The minimum atomic E-state index is -0.251. The van der Waals surface area contributed by atoms with Gasteiger partial charge in [0.25, 0.3) is 0 Å². The highest BCUT2D eigenvalue weighted by Gasteiger charge is 2.37. The second-order valence-electron chi connectivity index (χ2n) is 8.73. The van der Waals surface area contributed by atoms with Crippen molar-refractivity contribution in [1.82, 2.24) is 4.90 Å². The van der Waals surface area contributed by atoms with Crippen LogP contribution in [0.5, 0.6) is 5.75 Å². The van der Waals surface area contributed by atoms with Gasteiger partial charge in [-0.15, -0.1) is 0 Å². The maximum Gasteiger partial charge on any atom is 0.248 e. The molecule has 180 valence electrons. The summed E-state index contributed by atoms with van der Waals surface area (Å²) in [6, 6.07) is 22.5. The Balaban J connectivity index is 1.41. The Morgan fingerprint density at radius 1 is 1.00 bits per heavy atom. The van der Waals surface area contributed by atoms with E-state index in [-0.39, 0.29) is 23.7 Å². The van der Waals surface area contributed by atoms with E-state index in [0.717, 1.165) is 23.4 Å². The first-order valence-electron chi connectivity index (χ1n) is 11.5. The lowest BCUT2D eigenvalue weighted by Gasteiger charge is -2.19. The summed E-state index contributed by atoms with van der Waals surface area (Å²) in [6.45, 7) is 1.48. The quantitative estimate of drug-likeness (QED) is 0.355. The van der Waals surface area contributed by atoms with E-state index < -0.39 is 0 Å². The minimum absolute atomic E-state index is 0.00608. The van der Waals surface area contributed by atoms with E-state index in [1.54, 1.807) is 25.3 Å². The number of hydrogen-bond donors (Lipinski definition) is 3. The second kappa shape index (κ2) is 10.9. The number of likely N-dealkylation sites (tertiary alicyclic amines) is 1. The molecule has 2 unspecified atom stereocenters. The molecule has 4 rings (SSSR count). The van der Waals surface area contributed by atoms with Crippen LogP contribution in [0, 0.1) is 5.92 Å². The molecule has 0 aliphatic carbocycles. The number of nitrogens with one attached hydrogen (secondary N) is 2. The van der Waals surface area contributed by atoms with E-state index in [1.165, 1.54) is 6.08 Å². The lowest BCUT2D eigenvalue weighted by Crippen LogP contribution is -2.28. The lowest BCUT2D eigenvalue weighted by atomic mass is 9.88. The number of nitrogens with zero attached hydrogens (tertiary/aromatic N) is 1. The van der Waals surface area contributed by atoms with Crippen LogP contribution in [0.2, 0.25) is 0 Å². The number of nitrogens with two attached hydrogens (primary N) is 1. The molecule has 0 radical (unpaired) electrons. The highest BCUT2D eigenvalue weighted by atomic mass is 16.5. The van der Waals surface area contributed by atoms with Crippen LogP contribution in [0.15, 0.2) is 78.9 Å². The summed E-state index contributed by atoms with van der Waals surface area (Å²) in [4.78, 5) is 27.5. The highest BCUT2D eigenvalue weighted by Crippen LogP contribution is 2.33. The maximum absolute atomic E-state index is 13.1. The number of methoxy groups -OCH3 is 1. The van der Waals surface area contributed by atoms with E-state index >= 15 is 0 Å². The molecular formula is C28H30N4O3. The van der Waals surface area contributed by atoms with Crippen molar-refractivity contribution < 1.29 is 14.3 Å². The van der Waals surface area contributed by atoms with Crippen LogP contribution >= 0.6 is 0 Å². The molecule has 3 aromatic rings. The first kappa shape index (κ1) is 24.0. The lowest BCUT2D eigenvalue weighted by molar-refractivity contribution is -0.119. The fourth-order valence-corrected chi connectivity index (χ4v) is 4.35. The van der Waals surface area contributed by atoms with Gasteiger partial charge in [-0.3, -0.25) is 9.59 Å². The number of carbonyl (C=O) groups excluding carboxylic acids is 2. The van der Waals surface area contributed by atoms with Crippen LogP contribution < -0.4 is 21.1 Å². The zero-order valence-corrected chi connectivity index (χ0v) is 19.9. The molecule has 0 aromatic heterocycles. The number of carbonyl (C=O) groups is 2. The first-order valence-corrected chi connectivity index (χ1v) is 11.5. The minimum Gasteiger partial charge on any atom is -0.497 e. The Labute approximate surface area is 205 Å². The largest absolute Gasteiger partial charge is 0.497 e. The van der Waals surface area contributed by atoms with Crippen molar-refractivity contribution in [3.8, 4) is 5.75 Å². The van der Waals surface area contributed by atoms with Gasteiger partial charge in [0.2, 0.25) is 11.8 Å². The van der Waals surface area contributed by atoms with E-state index in [0.29, 0.717) is 23.7 Å². The Morgan fingerprint density at radius 2 is 1.77 bits per heavy atom. The van der Waals surface area contributed by atoms with Crippen molar-refractivity contribution in [1.29, 1.82) is 0 Å². The zero-order valence-electron chi connectivity index (χ0n) is 19.9. The Bertz CT molecular complexity index is 1220. The fourth-order valence-electron chi connectivity index (χ4n) is 4.35. The van der Waals surface area contributed by atoms with E-state index in [1.807, 2.05) is 67.7 Å². The smallest absolute Gasteiger partial charge is 0.248 e. The average molecular weight is 471 g/mol. The van der Waals surface area contributed by atoms with Gasteiger partial charge in [-0.05, 0) is 48.5 Å². The summed E-state index contributed by atoms with van der Waals surface area (Å²) < 4.78 is 5.25. The second-order valence-corrected chi connectivity index (χ2v) is 8.73. The van der Waals surface area contributed by atoms with Crippen LogP contribution in [0.1, 0.15) is 17.0 Å². The van der Waals surface area contributed by atoms with Crippen molar-refractivity contribution in [2.45, 2.75) is 5.92 Å². The number of likely N-dealkylation sites (N-methyl/N-ethyl adjacent to an activating group) is 1. The van der Waals surface area contributed by atoms with Crippen molar-refractivity contribution in [3.63, 3.8) is 0 Å². The molecule has 35 heavy (non-hydrogen) atoms. The molecule has 4 N–H and O–H groups in total. The number of rotatable bonds is 7. The zero-order chi connectivity index (χ0) is 24.8. The molecule has 0 bridgehead atoms. The van der Waals surface area contributed by atoms with Gasteiger partial charge in [0.15, 0.2) is 0 Å². The molecule has 1 saturated heterocycles. The van der Waals surface area contributed by atoms with E-state index in [2.05, 4.69) is 15.5 Å². The van der Waals surface area contributed by atoms with Crippen molar-refractivity contribution in [2.24, 2.45) is 5.92 Å². The number of anilines is 3. The van der Waals surface area contributed by atoms with Gasteiger partial charge in [-0.25, -0.2) is 0 Å². The number of nitrogen functional groups attached to an aromatic ring is 1. The molecule has 2 amide bonds. The van der Waals surface area contributed by atoms with Gasteiger partial charge in [0.1, 0.15) is 5.75 Å². The molecule has 3 aromatic carbocycles. The summed E-state index contributed by atoms with van der Waals surface area (Å²) in [6.07, 6.45) is 3.24. The molecule has 1 heterocycles. The van der Waals surface area contributed by atoms with Crippen LogP contribution in [0.3, 0.4) is 0 Å². The number of ether oxygens (including phenoxy) is 1. The van der Waals surface area contributed by atoms with Gasteiger partial charge in [0.05, 0.1) is 24.4 Å². The molecule has 7 heteroatoms. The van der Waals surface area contributed by atoms with Gasteiger partial charge in [-0.1, -0.05) is 42.5 Å². The van der Waals surface area contributed by atoms with E-state index in [4.69, 9.17) is 10.5 Å². The van der Waals surface area contributed by atoms with Crippen LogP contribution in [0.25, 0.3) is 6.08 Å². The monoisotopic (exact) mass is 470 g/mol. The summed E-state index contributed by atoms with van der Waals surface area (Å²) in [7, 11) is 3.63. The standard InChI is InChI=1S/C28H30N4O3/c1-32-17-23(24(18-32)28(34)30-21-6-5-7-22(16-21)35-2)20-13-10-19(11-14-20)12-15-27(33)31-26-9-4-3-8-25(26)29/h3-16,23-24H,17-18,29H2,1-2H3,(H,30,34)(H,31,33)/b15-12+. The molecule has 7 nitrogen and oxygen atoms in total. The Hall–Kier alpha value is -4.10. The van der Waals surface area contributed by atoms with Gasteiger partial charge < -0.3 is 26.0 Å². The first-order chi connectivity index (χ1) is 16.9. The van der Waals surface area contributed by atoms with Gasteiger partial charge >= 0.3 is 0 Å². The van der Waals surface area contributed by atoms with Crippen molar-refractivity contribution >= 4 is 35.0 Å². The van der Waals surface area contributed by atoms with Gasteiger partial charge in [-0.2, -0.15) is 0 Å². The van der Waals surface area contributed by atoms with Crippen LogP contribution in [0.4, 0.5) is 17.1 Å². The third-order valence-electron chi connectivity index (χ3n) is 6.19. The summed E-state index contributed by atoms with van der Waals surface area (Å²) >= 11 is 0. The summed E-state index contributed by atoms with van der Waals surface area (Å²) in [5, 5.41) is 5.81. The molecule has 0 saturated carbocycles. The molecule has 1 aliphatic rings. The van der Waals surface area contributed by atoms with Crippen molar-refractivity contribution in [3.05, 3.63) is 90.0 Å². The number of para-hydroxylation sites is 2. The Morgan fingerprint density at radius 3 is 2.51 bits per heavy atom. The molecular weight excluding hydrogens is 440 g/mol. The maximum atomic E-state index is 13.1. The third kappa shape index (κ3) is 6.07. The van der Waals surface area contributed by atoms with E-state index in [9.17, 15) is 9.59 Å². The third-order valence-corrected chi connectivity index (χ3v) is 6.19. The topological polar surface area (TPSA) is 96.7 Å². The molecule has 1 aliphatic heterocycles.